The molecule has 2 N–H and O–H groups in total. The summed E-state index contributed by atoms with van der Waals surface area (Å²) in [5.74, 6) is -0.155. The zero-order valence-electron chi connectivity index (χ0n) is 17.4. The van der Waals surface area contributed by atoms with Crippen LogP contribution in [0, 0.1) is 6.92 Å². The van der Waals surface area contributed by atoms with E-state index < -0.39 is 11.9 Å². The molecule has 0 amide bonds. The summed E-state index contributed by atoms with van der Waals surface area (Å²) in [4.78, 5) is 33.2. The van der Waals surface area contributed by atoms with Crippen LogP contribution < -0.4 is 4.74 Å². The fourth-order valence-electron chi connectivity index (χ4n) is 3.12. The van der Waals surface area contributed by atoms with Gasteiger partial charge in [0.25, 0.3) is 0 Å². The van der Waals surface area contributed by atoms with Crippen molar-refractivity contribution in [1.29, 1.82) is 0 Å². The lowest BCUT2D eigenvalue weighted by Gasteiger charge is -2.34. The van der Waals surface area contributed by atoms with Crippen molar-refractivity contribution >= 4 is 23.5 Å². The molecule has 9 nitrogen and oxygen atoms in total. The quantitative estimate of drug-likeness (QED) is 0.707. The summed E-state index contributed by atoms with van der Waals surface area (Å²) >= 11 is 0. The van der Waals surface area contributed by atoms with Gasteiger partial charge in [-0.1, -0.05) is 6.07 Å². The van der Waals surface area contributed by atoms with Crippen molar-refractivity contribution in [2.75, 3.05) is 33.2 Å². The highest BCUT2D eigenvalue weighted by molar-refractivity contribution is 6.03. The maximum Gasteiger partial charge on any atom is 0.328 e. The monoisotopic (exact) mass is 424 g/mol. The van der Waals surface area contributed by atoms with E-state index in [2.05, 4.69) is 34.8 Å². The highest BCUT2D eigenvalue weighted by atomic mass is 16.5. The maximum atomic E-state index is 9.55. The molecule has 3 heterocycles. The van der Waals surface area contributed by atoms with Gasteiger partial charge >= 0.3 is 11.9 Å². The lowest BCUT2D eigenvalue weighted by molar-refractivity contribution is -0.134. The number of ether oxygens (including phenoxy) is 1. The van der Waals surface area contributed by atoms with Gasteiger partial charge in [-0.3, -0.25) is 0 Å². The summed E-state index contributed by atoms with van der Waals surface area (Å²) in [6.45, 7) is 6.07. The predicted molar refractivity (Wildman–Crippen MR) is 115 cm³/mol. The number of carboxylic acids is 2. The van der Waals surface area contributed by atoms with Gasteiger partial charge in [0.2, 0.25) is 5.88 Å². The number of hydrogen-bond donors (Lipinski definition) is 2. The molecule has 2 aliphatic heterocycles. The molecule has 31 heavy (non-hydrogen) atoms. The van der Waals surface area contributed by atoms with Gasteiger partial charge in [0.1, 0.15) is 11.5 Å². The van der Waals surface area contributed by atoms with Crippen molar-refractivity contribution in [2.45, 2.75) is 6.92 Å². The van der Waals surface area contributed by atoms with E-state index in [1.165, 1.54) is 5.56 Å². The summed E-state index contributed by atoms with van der Waals surface area (Å²) in [5, 5.41) is 15.6. The lowest BCUT2D eigenvalue weighted by Crippen LogP contribution is -2.47. The van der Waals surface area contributed by atoms with Gasteiger partial charge in [0.05, 0.1) is 5.56 Å². The van der Waals surface area contributed by atoms with Crippen LogP contribution in [0.1, 0.15) is 11.1 Å². The van der Waals surface area contributed by atoms with E-state index in [-0.39, 0.29) is 0 Å². The predicted octanol–water partition coefficient (Wildman–Crippen LogP) is 2.53. The Morgan fingerprint density at radius 2 is 1.74 bits per heavy atom. The number of piperazine rings is 1. The first-order chi connectivity index (χ1) is 14.8. The molecule has 162 valence electrons. The molecule has 0 radical (unpaired) electrons. The van der Waals surface area contributed by atoms with Gasteiger partial charge in [0, 0.05) is 44.5 Å². The molecule has 0 bridgehead atoms. The second kappa shape index (κ2) is 9.86. The van der Waals surface area contributed by atoms with E-state index >= 15 is 0 Å². The molecule has 9 heteroatoms. The minimum atomic E-state index is -1.26. The summed E-state index contributed by atoms with van der Waals surface area (Å²) in [6.07, 6.45) is 2.88. The first kappa shape index (κ1) is 22.0. The lowest BCUT2D eigenvalue weighted by atomic mass is 10.2. The third kappa shape index (κ3) is 5.89. The molecule has 1 saturated heterocycles. The summed E-state index contributed by atoms with van der Waals surface area (Å²) < 4.78 is 6.04. The minimum absolute atomic E-state index is 0.558. The number of benzene rings is 1. The Morgan fingerprint density at radius 1 is 1.06 bits per heavy atom. The number of aliphatic imine (C=N–C) groups is 1. The molecule has 0 unspecified atom stereocenters. The Labute approximate surface area is 179 Å². The largest absolute Gasteiger partial charge is 0.478 e. The number of amidine groups is 1. The highest BCUT2D eigenvalue weighted by Crippen LogP contribution is 2.37. The minimum Gasteiger partial charge on any atom is -0.478 e. The number of rotatable bonds is 2. The summed E-state index contributed by atoms with van der Waals surface area (Å²) in [6, 6.07) is 10.1. The molecule has 0 spiro atoms. The third-order valence-electron chi connectivity index (χ3n) is 4.73. The van der Waals surface area contributed by atoms with Gasteiger partial charge in [-0.25, -0.2) is 19.6 Å². The molecule has 0 saturated carbocycles. The Morgan fingerprint density at radius 3 is 2.39 bits per heavy atom. The number of aryl methyl sites for hydroxylation is 1. The Bertz CT molecular complexity index is 1010. The van der Waals surface area contributed by atoms with Crippen LogP contribution in [0.25, 0.3) is 0 Å². The van der Waals surface area contributed by atoms with Crippen LogP contribution in [0.3, 0.4) is 0 Å². The molecule has 4 rings (SSSR count). The average molecular weight is 424 g/mol. The van der Waals surface area contributed by atoms with E-state index in [4.69, 9.17) is 19.9 Å². The summed E-state index contributed by atoms with van der Waals surface area (Å²) in [7, 11) is 2.16. The van der Waals surface area contributed by atoms with Crippen molar-refractivity contribution < 1.29 is 24.5 Å². The van der Waals surface area contributed by atoms with E-state index in [1.807, 2.05) is 24.3 Å². The molecule has 1 aromatic carbocycles. The molecule has 0 aliphatic carbocycles. The number of nitrogens with zero attached hydrogens (tertiary/aromatic N) is 4. The Balaban J connectivity index is 0.000000293. The number of aromatic nitrogens is 1. The fraction of sp³-hybridized carbons (Fsp3) is 0.273. The second-order valence-electron chi connectivity index (χ2n) is 7.16. The number of aliphatic carboxylic acids is 2. The van der Waals surface area contributed by atoms with E-state index in [1.54, 1.807) is 6.20 Å². The van der Waals surface area contributed by atoms with Crippen LogP contribution in [0.4, 0.5) is 5.69 Å². The van der Waals surface area contributed by atoms with Gasteiger partial charge < -0.3 is 24.7 Å². The van der Waals surface area contributed by atoms with Crippen molar-refractivity contribution in [3.05, 3.63) is 59.8 Å². The van der Waals surface area contributed by atoms with Crippen molar-refractivity contribution in [1.82, 2.24) is 14.8 Å². The summed E-state index contributed by atoms with van der Waals surface area (Å²) in [5.41, 5.74) is 3.01. The molecule has 0 atom stereocenters. The molecular formula is C22H24N4O5. The van der Waals surface area contributed by atoms with Gasteiger partial charge in [-0.05, 0) is 43.8 Å². The number of carbonyl (C=O) groups is 2. The first-order valence-electron chi connectivity index (χ1n) is 9.73. The Hall–Kier alpha value is -3.72. The zero-order chi connectivity index (χ0) is 22.4. The fourth-order valence-corrected chi connectivity index (χ4v) is 3.12. The number of hydrogen-bond acceptors (Lipinski definition) is 7. The molecular weight excluding hydrogens is 400 g/mol. The van der Waals surface area contributed by atoms with Crippen LogP contribution in [0.15, 0.2) is 53.7 Å². The molecule has 2 aromatic rings. The van der Waals surface area contributed by atoms with Crippen molar-refractivity contribution in [3.63, 3.8) is 0 Å². The SMILES string of the molecule is Cc1ccc2c(c1)N=C(N1CCN(C)CC1)c1cccnc1O2.O=C(O)C=CC(=O)O. The van der Waals surface area contributed by atoms with E-state index in [9.17, 15) is 9.59 Å². The average Bonchev–Trinajstić information content (AvgIpc) is 2.90. The van der Waals surface area contributed by atoms with E-state index in [0.29, 0.717) is 18.0 Å². The van der Waals surface area contributed by atoms with Gasteiger partial charge in [0.15, 0.2) is 5.75 Å². The Kier molecular flexibility index (Phi) is 6.99. The van der Waals surface area contributed by atoms with Gasteiger partial charge in [-0.15, -0.1) is 0 Å². The van der Waals surface area contributed by atoms with Crippen LogP contribution >= 0.6 is 0 Å². The normalized spacial score (nSPS) is 15.5. The van der Waals surface area contributed by atoms with Crippen LogP contribution in [0.5, 0.6) is 11.6 Å². The van der Waals surface area contributed by atoms with Gasteiger partial charge in [-0.2, -0.15) is 0 Å². The first-order valence-corrected chi connectivity index (χ1v) is 9.73. The number of carboxylic acid groups (broad SMARTS) is 2. The topological polar surface area (TPSA) is 116 Å². The standard InChI is InChI=1S/C18H20N4O.C4H4O4/c1-13-5-6-16-15(12-13)20-17(22-10-8-21(2)9-11-22)14-4-3-7-19-18(14)23-16;5-3(6)1-2-4(7)8/h3-7,12H,8-11H2,1-2H3;1-2H,(H,5,6)(H,7,8). The van der Waals surface area contributed by atoms with Crippen LogP contribution in [-0.2, 0) is 9.59 Å². The molecule has 2 aliphatic rings. The third-order valence-corrected chi connectivity index (χ3v) is 4.73. The molecule has 1 aromatic heterocycles. The molecule has 1 fully saturated rings. The second-order valence-corrected chi connectivity index (χ2v) is 7.16. The van der Waals surface area contributed by atoms with Crippen molar-refractivity contribution in [3.8, 4) is 11.6 Å². The zero-order valence-corrected chi connectivity index (χ0v) is 17.4. The number of likely N-dealkylation sites (N-methyl/N-ethyl adjacent to an activating group) is 1. The maximum absolute atomic E-state index is 9.55. The van der Waals surface area contributed by atoms with Crippen LogP contribution in [-0.4, -0.2) is 76.0 Å². The highest BCUT2D eigenvalue weighted by Gasteiger charge is 2.25. The number of fused-ring (bicyclic) bond motifs is 2. The smallest absolute Gasteiger partial charge is 0.328 e. The number of pyridine rings is 1. The van der Waals surface area contributed by atoms with Crippen molar-refractivity contribution in [2.24, 2.45) is 4.99 Å². The van der Waals surface area contributed by atoms with Crippen LogP contribution in [0.2, 0.25) is 0 Å². The van der Waals surface area contributed by atoms with E-state index in [0.717, 1.165) is 49.0 Å².